The molecule has 0 aliphatic rings. The summed E-state index contributed by atoms with van der Waals surface area (Å²) in [6.07, 6.45) is 0. The van der Waals surface area contributed by atoms with Crippen LogP contribution in [0.5, 0.6) is 0 Å². The van der Waals surface area contributed by atoms with Gasteiger partial charge in [0.2, 0.25) is 0 Å². The molecular formula is C18H22N4S2. The second-order valence-corrected chi connectivity index (χ2v) is 6.21. The third-order valence-corrected chi connectivity index (χ3v) is 3.98. The van der Waals surface area contributed by atoms with Crippen molar-refractivity contribution in [2.24, 2.45) is 0 Å². The Labute approximate surface area is 154 Å². The fraction of sp³-hybridized carbons (Fsp3) is 0.222. The SMILES string of the molecule is Cc1ccccc1NC(=S)NCCNC(=S)Nc1ccccc1C. The van der Waals surface area contributed by atoms with Gasteiger partial charge in [-0.3, -0.25) is 0 Å². The molecule has 0 spiro atoms. The highest BCUT2D eigenvalue weighted by Crippen LogP contribution is 2.13. The van der Waals surface area contributed by atoms with E-state index in [1.54, 1.807) is 0 Å². The Bertz CT molecular complexity index is 654. The van der Waals surface area contributed by atoms with E-state index in [1.807, 2.05) is 62.4 Å². The monoisotopic (exact) mass is 358 g/mol. The first-order chi connectivity index (χ1) is 11.6. The van der Waals surface area contributed by atoms with Crippen LogP contribution < -0.4 is 21.3 Å². The maximum atomic E-state index is 5.30. The molecule has 0 saturated carbocycles. The number of benzene rings is 2. The smallest absolute Gasteiger partial charge is 0.170 e. The summed E-state index contributed by atoms with van der Waals surface area (Å²) >= 11 is 10.6. The van der Waals surface area contributed by atoms with Crippen LogP contribution in [0.1, 0.15) is 11.1 Å². The first-order valence-corrected chi connectivity index (χ1v) is 8.59. The van der Waals surface area contributed by atoms with E-state index >= 15 is 0 Å². The van der Waals surface area contributed by atoms with Gasteiger partial charge in [-0.25, -0.2) is 0 Å². The normalized spacial score (nSPS) is 9.92. The van der Waals surface area contributed by atoms with Crippen molar-refractivity contribution in [3.63, 3.8) is 0 Å². The minimum atomic E-state index is 0.601. The first-order valence-electron chi connectivity index (χ1n) is 7.77. The predicted molar refractivity (Wildman–Crippen MR) is 111 cm³/mol. The van der Waals surface area contributed by atoms with Gasteiger partial charge in [-0.05, 0) is 61.5 Å². The number of aryl methyl sites for hydroxylation is 2. The quantitative estimate of drug-likeness (QED) is 0.484. The Morgan fingerprint density at radius 3 is 1.46 bits per heavy atom. The number of anilines is 2. The first kappa shape index (κ1) is 18.2. The molecule has 0 saturated heterocycles. The van der Waals surface area contributed by atoms with E-state index < -0.39 is 0 Å². The van der Waals surface area contributed by atoms with Crippen molar-refractivity contribution in [3.05, 3.63) is 59.7 Å². The molecule has 0 heterocycles. The van der Waals surface area contributed by atoms with Crippen molar-refractivity contribution in [2.45, 2.75) is 13.8 Å². The topological polar surface area (TPSA) is 48.1 Å². The fourth-order valence-corrected chi connectivity index (χ4v) is 2.54. The lowest BCUT2D eigenvalue weighted by Gasteiger charge is -2.14. The highest BCUT2D eigenvalue weighted by molar-refractivity contribution is 7.80. The Kier molecular flexibility index (Phi) is 6.96. The second-order valence-electron chi connectivity index (χ2n) is 5.39. The maximum absolute atomic E-state index is 5.30. The molecule has 2 aromatic carbocycles. The molecule has 0 aromatic heterocycles. The summed E-state index contributed by atoms with van der Waals surface area (Å²) in [5.41, 5.74) is 4.34. The van der Waals surface area contributed by atoms with Crippen LogP contribution in [0.15, 0.2) is 48.5 Å². The van der Waals surface area contributed by atoms with Gasteiger partial charge in [0, 0.05) is 24.5 Å². The zero-order chi connectivity index (χ0) is 17.4. The van der Waals surface area contributed by atoms with Crippen molar-refractivity contribution in [2.75, 3.05) is 23.7 Å². The van der Waals surface area contributed by atoms with Crippen molar-refractivity contribution in [1.82, 2.24) is 10.6 Å². The molecule has 0 bridgehead atoms. The summed E-state index contributed by atoms with van der Waals surface area (Å²) in [5.74, 6) is 0. The highest BCUT2D eigenvalue weighted by atomic mass is 32.1. The van der Waals surface area contributed by atoms with Crippen LogP contribution in [0.2, 0.25) is 0 Å². The van der Waals surface area contributed by atoms with Gasteiger partial charge < -0.3 is 21.3 Å². The zero-order valence-corrected chi connectivity index (χ0v) is 15.5. The Hall–Kier alpha value is -2.18. The standard InChI is InChI=1S/C18H22N4S2/c1-13-7-3-5-9-15(13)21-17(23)19-11-12-20-18(24)22-16-10-6-4-8-14(16)2/h3-10H,11-12H2,1-2H3,(H2,19,21,23)(H2,20,22,24). The van der Waals surface area contributed by atoms with E-state index in [-0.39, 0.29) is 0 Å². The average Bonchev–Trinajstić information content (AvgIpc) is 2.56. The van der Waals surface area contributed by atoms with Gasteiger partial charge in [0.15, 0.2) is 10.2 Å². The van der Waals surface area contributed by atoms with Crippen molar-refractivity contribution in [3.8, 4) is 0 Å². The molecule has 0 fully saturated rings. The molecule has 0 aliphatic heterocycles. The van der Waals surface area contributed by atoms with Crippen LogP contribution in [-0.2, 0) is 0 Å². The number of hydrogen-bond acceptors (Lipinski definition) is 2. The van der Waals surface area contributed by atoms with Crippen LogP contribution in [-0.4, -0.2) is 23.3 Å². The van der Waals surface area contributed by atoms with Gasteiger partial charge in [0.1, 0.15) is 0 Å². The largest absolute Gasteiger partial charge is 0.361 e. The van der Waals surface area contributed by atoms with Gasteiger partial charge in [-0.15, -0.1) is 0 Å². The zero-order valence-electron chi connectivity index (χ0n) is 13.8. The lowest BCUT2D eigenvalue weighted by molar-refractivity contribution is 0.821. The molecular weight excluding hydrogens is 336 g/mol. The minimum Gasteiger partial charge on any atom is -0.361 e. The van der Waals surface area contributed by atoms with E-state index in [0.717, 1.165) is 22.5 Å². The highest BCUT2D eigenvalue weighted by Gasteiger charge is 2.01. The average molecular weight is 359 g/mol. The van der Waals surface area contributed by atoms with Gasteiger partial charge in [0.25, 0.3) is 0 Å². The molecule has 0 radical (unpaired) electrons. The lowest BCUT2D eigenvalue weighted by atomic mass is 10.2. The number of rotatable bonds is 5. The lowest BCUT2D eigenvalue weighted by Crippen LogP contribution is -2.38. The Morgan fingerprint density at radius 2 is 1.08 bits per heavy atom. The molecule has 0 aliphatic carbocycles. The fourth-order valence-electron chi connectivity index (χ4n) is 2.11. The Balaban J connectivity index is 1.67. The number of hydrogen-bond donors (Lipinski definition) is 4. The predicted octanol–water partition coefficient (Wildman–Crippen LogP) is 3.58. The molecule has 2 rings (SSSR count). The van der Waals surface area contributed by atoms with Crippen LogP contribution >= 0.6 is 24.4 Å². The van der Waals surface area contributed by atoms with Gasteiger partial charge in [-0.1, -0.05) is 36.4 Å². The van der Waals surface area contributed by atoms with Gasteiger partial charge in [0.05, 0.1) is 0 Å². The maximum Gasteiger partial charge on any atom is 0.170 e. The van der Waals surface area contributed by atoms with Gasteiger partial charge >= 0.3 is 0 Å². The Morgan fingerprint density at radius 1 is 0.708 bits per heavy atom. The van der Waals surface area contributed by atoms with E-state index in [2.05, 4.69) is 21.3 Å². The van der Waals surface area contributed by atoms with Crippen molar-refractivity contribution in [1.29, 1.82) is 0 Å². The summed E-state index contributed by atoms with van der Waals surface area (Å²) in [4.78, 5) is 0. The molecule has 126 valence electrons. The molecule has 6 heteroatoms. The van der Waals surface area contributed by atoms with Crippen molar-refractivity contribution >= 4 is 46.0 Å². The third-order valence-electron chi connectivity index (χ3n) is 3.48. The van der Waals surface area contributed by atoms with E-state index in [9.17, 15) is 0 Å². The summed E-state index contributed by atoms with van der Waals surface area (Å²) in [6, 6.07) is 16.1. The van der Waals surface area contributed by atoms with Crippen LogP contribution in [0.4, 0.5) is 11.4 Å². The summed E-state index contributed by atoms with van der Waals surface area (Å²) in [6.45, 7) is 5.44. The second kappa shape index (κ2) is 9.20. The summed E-state index contributed by atoms with van der Waals surface area (Å²) in [7, 11) is 0. The molecule has 0 unspecified atom stereocenters. The molecule has 4 nitrogen and oxygen atoms in total. The van der Waals surface area contributed by atoms with Crippen LogP contribution in [0, 0.1) is 13.8 Å². The number of thiocarbonyl (C=S) groups is 2. The van der Waals surface area contributed by atoms with E-state index in [4.69, 9.17) is 24.4 Å². The molecule has 0 atom stereocenters. The van der Waals surface area contributed by atoms with Crippen LogP contribution in [0.3, 0.4) is 0 Å². The molecule has 24 heavy (non-hydrogen) atoms. The molecule has 0 amide bonds. The third kappa shape index (κ3) is 5.79. The summed E-state index contributed by atoms with van der Waals surface area (Å²) in [5, 5.41) is 13.9. The van der Waals surface area contributed by atoms with Gasteiger partial charge in [-0.2, -0.15) is 0 Å². The summed E-state index contributed by atoms with van der Waals surface area (Å²) < 4.78 is 0. The van der Waals surface area contributed by atoms with E-state index in [0.29, 0.717) is 23.3 Å². The minimum absolute atomic E-state index is 0.601. The number of nitrogens with one attached hydrogen (secondary N) is 4. The molecule has 2 aromatic rings. The molecule has 4 N–H and O–H groups in total. The van der Waals surface area contributed by atoms with Crippen LogP contribution in [0.25, 0.3) is 0 Å². The number of para-hydroxylation sites is 2. The van der Waals surface area contributed by atoms with E-state index in [1.165, 1.54) is 0 Å². The van der Waals surface area contributed by atoms with Crippen molar-refractivity contribution < 1.29 is 0 Å².